The molecule has 1 heterocycles. The molecule has 0 fully saturated rings. The Bertz CT molecular complexity index is 656. The minimum absolute atomic E-state index is 0.0696. The number of amides is 1. The van der Waals surface area contributed by atoms with E-state index in [1.807, 2.05) is 30.3 Å². The molecule has 0 aliphatic carbocycles. The van der Waals surface area contributed by atoms with Crippen LogP contribution < -0.4 is 10.9 Å². The second-order valence-electron chi connectivity index (χ2n) is 4.93. The molecule has 0 saturated carbocycles. The lowest BCUT2D eigenvalue weighted by Crippen LogP contribution is -2.28. The molecule has 1 aromatic heterocycles. The van der Waals surface area contributed by atoms with E-state index in [4.69, 9.17) is 4.52 Å². The zero-order valence-electron chi connectivity index (χ0n) is 12.4. The first-order chi connectivity index (χ1) is 10.1. The van der Waals surface area contributed by atoms with Crippen LogP contribution in [0.15, 0.2) is 39.6 Å². The first-order valence-electron chi connectivity index (χ1n) is 7.19. The van der Waals surface area contributed by atoms with E-state index in [1.54, 1.807) is 7.05 Å². The third-order valence-corrected chi connectivity index (χ3v) is 3.32. The number of rotatable bonds is 6. The van der Waals surface area contributed by atoms with Crippen molar-refractivity contribution in [3.63, 3.8) is 0 Å². The Kier molecular flexibility index (Phi) is 4.98. The van der Waals surface area contributed by atoms with E-state index < -0.39 is 5.63 Å². The molecule has 0 aliphatic rings. The highest BCUT2D eigenvalue weighted by atomic mass is 16.5. The van der Waals surface area contributed by atoms with E-state index in [-0.39, 0.29) is 11.5 Å². The van der Waals surface area contributed by atoms with E-state index >= 15 is 0 Å². The smallest absolute Gasteiger partial charge is 0.352 e. The van der Waals surface area contributed by atoms with Crippen molar-refractivity contribution >= 4 is 5.91 Å². The Balaban J connectivity index is 2.27. The molecule has 1 aromatic carbocycles. The fraction of sp³-hybridized carbons (Fsp3) is 0.375. The molecule has 5 nitrogen and oxygen atoms in total. The number of aryl methyl sites for hydroxylation is 1. The molecule has 0 radical (unpaired) electrons. The minimum Gasteiger partial charge on any atom is -0.352 e. The standard InChI is InChI=1S/C16H20N2O3/c1-3-4-8-11-17-15(19)13-14(18(2)21-16(13)20)12-9-6-5-7-10-12/h5-7,9-10H,3-4,8,11H2,1-2H3,(H,17,19). The quantitative estimate of drug-likeness (QED) is 0.831. The fourth-order valence-corrected chi connectivity index (χ4v) is 2.26. The van der Waals surface area contributed by atoms with E-state index in [2.05, 4.69) is 12.2 Å². The largest absolute Gasteiger partial charge is 0.370 e. The average molecular weight is 288 g/mol. The van der Waals surface area contributed by atoms with Gasteiger partial charge < -0.3 is 9.84 Å². The van der Waals surface area contributed by atoms with Gasteiger partial charge in [-0.05, 0) is 6.42 Å². The Morgan fingerprint density at radius 3 is 2.62 bits per heavy atom. The van der Waals surface area contributed by atoms with Gasteiger partial charge in [-0.25, -0.2) is 9.53 Å². The third kappa shape index (κ3) is 3.42. The number of nitrogens with zero attached hydrogens (tertiary/aromatic N) is 1. The highest BCUT2D eigenvalue weighted by molar-refractivity contribution is 5.99. The Morgan fingerprint density at radius 1 is 1.24 bits per heavy atom. The third-order valence-electron chi connectivity index (χ3n) is 3.32. The maximum Gasteiger partial charge on any atom is 0.370 e. The molecule has 5 heteroatoms. The monoisotopic (exact) mass is 288 g/mol. The number of carbonyl (C=O) groups excluding carboxylic acids is 1. The lowest BCUT2D eigenvalue weighted by molar-refractivity contribution is 0.0951. The second-order valence-corrected chi connectivity index (χ2v) is 4.93. The molecule has 0 unspecified atom stereocenters. The fourth-order valence-electron chi connectivity index (χ4n) is 2.26. The Labute approximate surface area is 123 Å². The molecule has 0 bridgehead atoms. The SMILES string of the molecule is CCCCCNC(=O)c1c(-c2ccccc2)n(C)oc1=O. The van der Waals surface area contributed by atoms with Crippen LogP contribution in [0.2, 0.25) is 0 Å². The van der Waals surface area contributed by atoms with Crippen molar-refractivity contribution in [3.8, 4) is 11.3 Å². The van der Waals surface area contributed by atoms with Gasteiger partial charge in [-0.2, -0.15) is 0 Å². The minimum atomic E-state index is -0.607. The topological polar surface area (TPSA) is 64.2 Å². The zero-order valence-corrected chi connectivity index (χ0v) is 12.4. The van der Waals surface area contributed by atoms with Gasteiger partial charge in [-0.3, -0.25) is 4.79 Å². The molecule has 0 saturated heterocycles. The van der Waals surface area contributed by atoms with Crippen molar-refractivity contribution in [2.24, 2.45) is 7.05 Å². The predicted octanol–water partition coefficient (Wildman–Crippen LogP) is 2.57. The van der Waals surface area contributed by atoms with Crippen LogP contribution in [0, 0.1) is 0 Å². The van der Waals surface area contributed by atoms with Crippen molar-refractivity contribution in [1.82, 2.24) is 10.1 Å². The average Bonchev–Trinajstić information content (AvgIpc) is 2.79. The van der Waals surface area contributed by atoms with Crippen molar-refractivity contribution < 1.29 is 9.32 Å². The molecule has 0 aliphatic heterocycles. The van der Waals surface area contributed by atoms with Crippen molar-refractivity contribution in [2.45, 2.75) is 26.2 Å². The van der Waals surface area contributed by atoms with Crippen LogP contribution in [-0.2, 0) is 7.05 Å². The van der Waals surface area contributed by atoms with Crippen LogP contribution in [0.25, 0.3) is 11.3 Å². The normalized spacial score (nSPS) is 10.6. The van der Waals surface area contributed by atoms with Crippen LogP contribution in [0.3, 0.4) is 0 Å². The van der Waals surface area contributed by atoms with Crippen LogP contribution in [0.4, 0.5) is 0 Å². The molecule has 2 rings (SSSR count). The summed E-state index contributed by atoms with van der Waals surface area (Å²) in [5, 5.41) is 2.79. The van der Waals surface area contributed by atoms with Crippen LogP contribution in [0.5, 0.6) is 0 Å². The van der Waals surface area contributed by atoms with Gasteiger partial charge in [0.05, 0.1) is 0 Å². The molecule has 21 heavy (non-hydrogen) atoms. The van der Waals surface area contributed by atoms with Gasteiger partial charge in [0.15, 0.2) is 5.56 Å². The van der Waals surface area contributed by atoms with Gasteiger partial charge in [0.1, 0.15) is 5.69 Å². The summed E-state index contributed by atoms with van der Waals surface area (Å²) in [6.45, 7) is 2.66. The maximum absolute atomic E-state index is 12.3. The van der Waals surface area contributed by atoms with Crippen LogP contribution in [0.1, 0.15) is 36.5 Å². The number of carbonyl (C=O) groups is 1. The summed E-state index contributed by atoms with van der Waals surface area (Å²) < 4.78 is 6.39. The summed E-state index contributed by atoms with van der Waals surface area (Å²) in [7, 11) is 1.62. The molecular weight excluding hydrogens is 268 g/mol. The maximum atomic E-state index is 12.3. The Morgan fingerprint density at radius 2 is 1.95 bits per heavy atom. The summed E-state index contributed by atoms with van der Waals surface area (Å²) in [6, 6.07) is 9.29. The van der Waals surface area contributed by atoms with Crippen molar-refractivity contribution in [1.29, 1.82) is 0 Å². The molecule has 1 amide bonds. The number of unbranched alkanes of at least 4 members (excludes halogenated alkanes) is 2. The van der Waals surface area contributed by atoms with Gasteiger partial charge >= 0.3 is 5.63 Å². The van der Waals surface area contributed by atoms with E-state index in [0.717, 1.165) is 24.8 Å². The summed E-state index contributed by atoms with van der Waals surface area (Å²) in [5.74, 6) is -0.376. The van der Waals surface area contributed by atoms with Crippen LogP contribution >= 0.6 is 0 Å². The van der Waals surface area contributed by atoms with E-state index in [0.29, 0.717) is 12.2 Å². The van der Waals surface area contributed by atoms with E-state index in [9.17, 15) is 9.59 Å². The molecule has 1 N–H and O–H groups in total. The van der Waals surface area contributed by atoms with Gasteiger partial charge in [0, 0.05) is 19.2 Å². The highest BCUT2D eigenvalue weighted by Gasteiger charge is 2.23. The van der Waals surface area contributed by atoms with Gasteiger partial charge in [-0.15, -0.1) is 0 Å². The number of hydrogen-bond donors (Lipinski definition) is 1. The molecule has 0 atom stereocenters. The lowest BCUT2D eigenvalue weighted by Gasteiger charge is -2.06. The molecule has 2 aromatic rings. The number of nitrogens with one attached hydrogen (secondary N) is 1. The van der Waals surface area contributed by atoms with Crippen molar-refractivity contribution in [3.05, 3.63) is 46.3 Å². The van der Waals surface area contributed by atoms with Gasteiger partial charge in [0.2, 0.25) is 0 Å². The van der Waals surface area contributed by atoms with Crippen molar-refractivity contribution in [2.75, 3.05) is 6.54 Å². The molecular formula is C16H20N2O3. The van der Waals surface area contributed by atoms with Gasteiger partial charge in [-0.1, -0.05) is 50.1 Å². The summed E-state index contributed by atoms with van der Waals surface area (Å²) >= 11 is 0. The first-order valence-corrected chi connectivity index (χ1v) is 7.19. The second kappa shape index (κ2) is 6.92. The summed E-state index contributed by atoms with van der Waals surface area (Å²) in [4.78, 5) is 24.2. The Hall–Kier alpha value is -2.30. The van der Waals surface area contributed by atoms with Gasteiger partial charge in [0.25, 0.3) is 5.91 Å². The highest BCUT2D eigenvalue weighted by Crippen LogP contribution is 2.21. The number of hydrogen-bond acceptors (Lipinski definition) is 3. The number of aromatic nitrogens is 1. The molecule has 0 spiro atoms. The zero-order chi connectivity index (χ0) is 15.2. The molecule has 112 valence electrons. The number of benzene rings is 1. The van der Waals surface area contributed by atoms with Crippen LogP contribution in [-0.4, -0.2) is 17.2 Å². The predicted molar refractivity (Wildman–Crippen MR) is 81.2 cm³/mol. The van der Waals surface area contributed by atoms with E-state index in [1.165, 1.54) is 4.74 Å². The lowest BCUT2D eigenvalue weighted by atomic mass is 10.1. The first kappa shape index (κ1) is 15.1. The summed E-state index contributed by atoms with van der Waals surface area (Å²) in [6.07, 6.45) is 3.04. The summed E-state index contributed by atoms with van der Waals surface area (Å²) in [5.41, 5.74) is 0.752.